The molecule has 1 rings (SSSR count). The molecule has 0 amide bonds. The van der Waals surface area contributed by atoms with Gasteiger partial charge in [-0.3, -0.25) is 0 Å². The number of carbonyl (C=O) groups is 1. The first-order chi connectivity index (χ1) is 5.63. The van der Waals surface area contributed by atoms with E-state index in [9.17, 15) is 14.3 Å². The topological polar surface area (TPSA) is 66.2 Å². The van der Waals surface area contributed by atoms with E-state index < -0.39 is 17.8 Å². The van der Waals surface area contributed by atoms with Crippen LogP contribution in [0.3, 0.4) is 0 Å². The maximum absolute atomic E-state index is 12.8. The van der Waals surface area contributed by atoms with Gasteiger partial charge in [0.15, 0.2) is 0 Å². The van der Waals surface area contributed by atoms with Crippen LogP contribution in [0.25, 0.3) is 0 Å². The number of carbonyl (C=O) groups excluding carboxylic acids is 1. The van der Waals surface area contributed by atoms with Crippen LogP contribution in [0.2, 0.25) is 0 Å². The van der Waals surface area contributed by atoms with Gasteiger partial charge in [0, 0.05) is 5.56 Å². The number of carboxylic acids is 1. The first-order valence-electron chi connectivity index (χ1n) is 3.34. The van der Waals surface area contributed by atoms with Crippen molar-refractivity contribution in [1.82, 2.24) is 0 Å². The zero-order valence-electron chi connectivity index (χ0n) is 7.16. The van der Waals surface area contributed by atoms with Crippen molar-refractivity contribution in [3.63, 3.8) is 0 Å². The number of rotatable bonds is 2. The molecule has 0 bridgehead atoms. The molecule has 0 saturated carbocycles. The van der Waals surface area contributed by atoms with Crippen molar-refractivity contribution < 1.29 is 43.8 Å². The summed E-state index contributed by atoms with van der Waals surface area (Å²) in [5, 5.41) is 10.2. The second kappa shape index (κ2) is 5.34. The van der Waals surface area contributed by atoms with Gasteiger partial charge in [0.05, 0.1) is 12.0 Å². The number of hydrogen-bond acceptors (Lipinski definition) is 3. The van der Waals surface area contributed by atoms with Crippen molar-refractivity contribution in [2.75, 3.05) is 0 Å². The third kappa shape index (κ3) is 3.08. The Bertz CT molecular complexity index is 306. The number of aliphatic carboxylic acids is 1. The quantitative estimate of drug-likeness (QED) is 0.495. The molecule has 0 spiro atoms. The van der Waals surface area contributed by atoms with Crippen LogP contribution in [0.4, 0.5) is 4.39 Å². The summed E-state index contributed by atoms with van der Waals surface area (Å²) in [5.74, 6) is -2.12. The van der Waals surface area contributed by atoms with E-state index in [1.807, 2.05) is 0 Å². The molecule has 1 aromatic rings. The van der Waals surface area contributed by atoms with Gasteiger partial charge >= 0.3 is 29.6 Å². The van der Waals surface area contributed by atoms with Gasteiger partial charge in [0.2, 0.25) is 0 Å². The van der Waals surface area contributed by atoms with Crippen molar-refractivity contribution in [2.45, 2.75) is 6.04 Å². The molecule has 3 nitrogen and oxygen atoms in total. The molecular formula is C8H7FNNaO2. The van der Waals surface area contributed by atoms with Gasteiger partial charge in [0.25, 0.3) is 0 Å². The summed E-state index contributed by atoms with van der Waals surface area (Å²) in [6, 6.07) is 4.04. The van der Waals surface area contributed by atoms with Crippen LogP contribution in [0.1, 0.15) is 11.6 Å². The summed E-state index contributed by atoms with van der Waals surface area (Å²) in [7, 11) is 0. The number of carboxylic acid groups (broad SMARTS) is 1. The molecule has 64 valence electrons. The van der Waals surface area contributed by atoms with Gasteiger partial charge < -0.3 is 15.6 Å². The monoisotopic (exact) mass is 191 g/mol. The van der Waals surface area contributed by atoms with Crippen LogP contribution in [-0.2, 0) is 4.79 Å². The molecule has 0 aliphatic heterocycles. The molecule has 0 fully saturated rings. The molecule has 1 atom stereocenters. The van der Waals surface area contributed by atoms with E-state index in [2.05, 4.69) is 0 Å². The van der Waals surface area contributed by atoms with E-state index in [0.717, 1.165) is 6.07 Å². The Morgan fingerprint density at radius 3 is 2.46 bits per heavy atom. The van der Waals surface area contributed by atoms with Crippen LogP contribution < -0.4 is 40.4 Å². The molecule has 0 heterocycles. The van der Waals surface area contributed by atoms with Gasteiger partial charge in [0.1, 0.15) is 5.82 Å². The summed E-state index contributed by atoms with van der Waals surface area (Å²) >= 11 is 0. The molecule has 0 radical (unpaired) electrons. The van der Waals surface area contributed by atoms with E-state index in [0.29, 0.717) is 0 Å². The minimum absolute atomic E-state index is 0. The van der Waals surface area contributed by atoms with Crippen molar-refractivity contribution in [3.8, 4) is 0 Å². The second-order valence-corrected chi connectivity index (χ2v) is 2.32. The smallest absolute Gasteiger partial charge is 0.548 e. The van der Waals surface area contributed by atoms with Gasteiger partial charge in [-0.05, 0) is 6.07 Å². The van der Waals surface area contributed by atoms with E-state index >= 15 is 0 Å². The van der Waals surface area contributed by atoms with Gasteiger partial charge in [-0.25, -0.2) is 4.39 Å². The van der Waals surface area contributed by atoms with Crippen molar-refractivity contribution >= 4 is 5.97 Å². The third-order valence-corrected chi connectivity index (χ3v) is 1.49. The minimum Gasteiger partial charge on any atom is -0.548 e. The van der Waals surface area contributed by atoms with Crippen molar-refractivity contribution in [1.29, 1.82) is 0 Å². The van der Waals surface area contributed by atoms with E-state index in [1.165, 1.54) is 18.2 Å². The predicted molar refractivity (Wildman–Crippen MR) is 38.3 cm³/mol. The Morgan fingerprint density at radius 2 is 2.00 bits per heavy atom. The maximum Gasteiger partial charge on any atom is 1.00 e. The fraction of sp³-hybridized carbons (Fsp3) is 0.125. The Morgan fingerprint density at radius 1 is 1.46 bits per heavy atom. The van der Waals surface area contributed by atoms with Crippen LogP contribution in [0, 0.1) is 5.82 Å². The summed E-state index contributed by atoms with van der Waals surface area (Å²) in [6.07, 6.45) is 0. The Labute approximate surface area is 97.0 Å². The molecule has 2 N–H and O–H groups in total. The molecule has 1 unspecified atom stereocenters. The molecule has 5 heteroatoms. The molecular weight excluding hydrogens is 184 g/mol. The summed E-state index contributed by atoms with van der Waals surface area (Å²) in [4.78, 5) is 10.2. The SMILES string of the molecule is NC(C(=O)[O-])c1ccccc1F.[Na+]. The summed E-state index contributed by atoms with van der Waals surface area (Å²) in [5.41, 5.74) is 5.08. The van der Waals surface area contributed by atoms with Gasteiger partial charge in [-0.15, -0.1) is 0 Å². The maximum atomic E-state index is 12.8. The average molecular weight is 191 g/mol. The van der Waals surface area contributed by atoms with E-state index in [1.54, 1.807) is 0 Å². The number of hydrogen-bond donors (Lipinski definition) is 1. The third-order valence-electron chi connectivity index (χ3n) is 1.49. The predicted octanol–water partition coefficient (Wildman–Crippen LogP) is -3.42. The van der Waals surface area contributed by atoms with E-state index in [4.69, 9.17) is 5.73 Å². The summed E-state index contributed by atoms with van der Waals surface area (Å²) < 4.78 is 12.8. The number of nitrogens with two attached hydrogens (primary N) is 1. The van der Waals surface area contributed by atoms with Gasteiger partial charge in [-0.1, -0.05) is 18.2 Å². The zero-order valence-corrected chi connectivity index (χ0v) is 9.16. The largest absolute Gasteiger partial charge is 1.00 e. The molecule has 0 aliphatic rings. The fourth-order valence-electron chi connectivity index (χ4n) is 0.854. The van der Waals surface area contributed by atoms with Crippen LogP contribution in [0.5, 0.6) is 0 Å². The Kier molecular flexibility index (Phi) is 5.17. The molecule has 0 saturated heterocycles. The Balaban J connectivity index is 0.00000144. The van der Waals surface area contributed by atoms with Crippen LogP contribution >= 0.6 is 0 Å². The summed E-state index contributed by atoms with van der Waals surface area (Å²) in [6.45, 7) is 0. The standard InChI is InChI=1S/C8H8FNO2.Na/c9-6-4-2-1-3-5(6)7(10)8(11)12;/h1-4,7H,10H2,(H,11,12);/q;+1/p-1. The molecule has 1 aromatic carbocycles. The first-order valence-corrected chi connectivity index (χ1v) is 3.34. The van der Waals surface area contributed by atoms with Crippen LogP contribution in [0.15, 0.2) is 24.3 Å². The molecule has 0 aliphatic carbocycles. The fourth-order valence-corrected chi connectivity index (χ4v) is 0.854. The zero-order chi connectivity index (χ0) is 9.14. The minimum atomic E-state index is -1.49. The first kappa shape index (κ1) is 12.6. The second-order valence-electron chi connectivity index (χ2n) is 2.32. The van der Waals surface area contributed by atoms with Crippen molar-refractivity contribution in [2.24, 2.45) is 5.73 Å². The number of benzene rings is 1. The normalized spacial score (nSPS) is 11.5. The number of halogens is 1. The average Bonchev–Trinajstić information content (AvgIpc) is 2.04. The van der Waals surface area contributed by atoms with Crippen molar-refractivity contribution in [3.05, 3.63) is 35.6 Å². The van der Waals surface area contributed by atoms with E-state index in [-0.39, 0.29) is 35.1 Å². The molecule has 0 aromatic heterocycles. The van der Waals surface area contributed by atoms with Crippen LogP contribution in [-0.4, -0.2) is 5.97 Å². The molecule has 13 heavy (non-hydrogen) atoms. The van der Waals surface area contributed by atoms with Gasteiger partial charge in [-0.2, -0.15) is 0 Å². The Hall–Kier alpha value is -0.420.